The molecule has 1 saturated heterocycles. The fourth-order valence-electron chi connectivity index (χ4n) is 3.83. The molecule has 0 saturated carbocycles. The first kappa shape index (κ1) is 22.7. The van der Waals surface area contributed by atoms with Crippen LogP contribution < -0.4 is 25.0 Å². The van der Waals surface area contributed by atoms with Gasteiger partial charge in [0.15, 0.2) is 0 Å². The number of nitrogens with one attached hydrogen (secondary N) is 2. The summed E-state index contributed by atoms with van der Waals surface area (Å²) in [5.74, 6) is 3.54. The van der Waals surface area contributed by atoms with E-state index in [2.05, 4.69) is 32.4 Å². The number of hydrogen-bond acceptors (Lipinski definition) is 7. The second-order valence-corrected chi connectivity index (χ2v) is 7.80. The van der Waals surface area contributed by atoms with Gasteiger partial charge < -0.3 is 25.0 Å². The minimum Gasteiger partial charge on any atom is -0.497 e. The average molecular weight is 428 g/mol. The summed E-state index contributed by atoms with van der Waals surface area (Å²) in [6.07, 6.45) is 6.21. The van der Waals surface area contributed by atoms with E-state index >= 15 is 0 Å². The van der Waals surface area contributed by atoms with E-state index in [0.717, 1.165) is 57.0 Å². The van der Waals surface area contributed by atoms with Crippen LogP contribution in [-0.2, 0) is 4.79 Å². The Kier molecular flexibility index (Phi) is 8.32. The molecule has 2 N–H and O–H groups in total. The molecule has 1 aromatic carbocycles. The summed E-state index contributed by atoms with van der Waals surface area (Å²) >= 11 is 0. The van der Waals surface area contributed by atoms with Crippen molar-refractivity contribution in [2.24, 2.45) is 5.92 Å². The maximum atomic E-state index is 12.5. The fourth-order valence-corrected chi connectivity index (χ4v) is 3.83. The Labute approximate surface area is 184 Å². The maximum Gasteiger partial charge on any atom is 0.224 e. The van der Waals surface area contributed by atoms with E-state index in [-0.39, 0.29) is 5.91 Å². The number of carbonyl (C=O) groups is 1. The molecule has 1 aliphatic rings. The van der Waals surface area contributed by atoms with Crippen molar-refractivity contribution in [2.45, 2.75) is 39.0 Å². The maximum absolute atomic E-state index is 12.5. The van der Waals surface area contributed by atoms with Gasteiger partial charge in [-0.1, -0.05) is 6.92 Å². The number of benzene rings is 1. The fraction of sp³-hybridized carbons (Fsp3) is 0.522. The lowest BCUT2D eigenvalue weighted by atomic mass is 9.93. The first-order valence-corrected chi connectivity index (χ1v) is 11.0. The zero-order valence-electron chi connectivity index (χ0n) is 18.7. The van der Waals surface area contributed by atoms with Gasteiger partial charge in [0, 0.05) is 38.2 Å². The van der Waals surface area contributed by atoms with Gasteiger partial charge in [0.1, 0.15) is 29.5 Å². The Balaban J connectivity index is 1.52. The van der Waals surface area contributed by atoms with Crippen molar-refractivity contribution < 1.29 is 14.3 Å². The third kappa shape index (κ3) is 6.47. The van der Waals surface area contributed by atoms with Crippen LogP contribution in [0.4, 0.5) is 17.3 Å². The number of anilines is 3. The highest BCUT2D eigenvalue weighted by atomic mass is 16.5. The van der Waals surface area contributed by atoms with Crippen LogP contribution >= 0.6 is 0 Å². The molecule has 0 bridgehead atoms. The number of hydrogen-bond donors (Lipinski definition) is 2. The zero-order chi connectivity index (χ0) is 22.1. The lowest BCUT2D eigenvalue weighted by molar-refractivity contribution is -0.116. The van der Waals surface area contributed by atoms with E-state index in [9.17, 15) is 4.79 Å². The van der Waals surface area contributed by atoms with Crippen LogP contribution in [0.25, 0.3) is 0 Å². The van der Waals surface area contributed by atoms with Gasteiger partial charge in [0.05, 0.1) is 19.9 Å². The van der Waals surface area contributed by atoms with E-state index in [4.69, 9.17) is 9.47 Å². The molecule has 1 amide bonds. The molecule has 0 radical (unpaired) electrons. The van der Waals surface area contributed by atoms with E-state index in [1.54, 1.807) is 32.7 Å². The molecule has 1 aromatic heterocycles. The van der Waals surface area contributed by atoms with Crippen molar-refractivity contribution in [3.63, 3.8) is 0 Å². The zero-order valence-corrected chi connectivity index (χ0v) is 18.7. The topological polar surface area (TPSA) is 88.6 Å². The Hall–Kier alpha value is -3.03. The van der Waals surface area contributed by atoms with Crippen LogP contribution in [0, 0.1) is 5.92 Å². The largest absolute Gasteiger partial charge is 0.497 e. The molecule has 31 heavy (non-hydrogen) atoms. The number of piperidine rings is 1. The molecular formula is C23H33N5O3. The van der Waals surface area contributed by atoms with E-state index in [1.807, 2.05) is 12.1 Å². The summed E-state index contributed by atoms with van der Waals surface area (Å²) in [4.78, 5) is 23.6. The van der Waals surface area contributed by atoms with Crippen molar-refractivity contribution in [1.29, 1.82) is 0 Å². The second kappa shape index (κ2) is 11.4. The molecule has 168 valence electrons. The van der Waals surface area contributed by atoms with Crippen LogP contribution in [0.3, 0.4) is 0 Å². The van der Waals surface area contributed by atoms with Gasteiger partial charge in [0.25, 0.3) is 0 Å². The van der Waals surface area contributed by atoms with Crippen molar-refractivity contribution in [3.8, 4) is 11.5 Å². The molecule has 1 fully saturated rings. The molecule has 1 atom stereocenters. The van der Waals surface area contributed by atoms with Gasteiger partial charge >= 0.3 is 0 Å². The number of carbonyl (C=O) groups excluding carboxylic acids is 1. The molecule has 2 heterocycles. The molecule has 0 aliphatic carbocycles. The van der Waals surface area contributed by atoms with E-state index in [1.165, 1.54) is 0 Å². The van der Waals surface area contributed by atoms with Gasteiger partial charge in [-0.15, -0.1) is 0 Å². The van der Waals surface area contributed by atoms with Crippen LogP contribution in [0.2, 0.25) is 0 Å². The quantitative estimate of drug-likeness (QED) is 0.593. The molecule has 8 heteroatoms. The van der Waals surface area contributed by atoms with Crippen LogP contribution in [-0.4, -0.2) is 49.7 Å². The lowest BCUT2D eigenvalue weighted by Gasteiger charge is -2.33. The molecule has 1 unspecified atom stereocenters. The summed E-state index contributed by atoms with van der Waals surface area (Å²) in [6, 6.07) is 7.39. The molecular weight excluding hydrogens is 394 g/mol. The third-order valence-corrected chi connectivity index (χ3v) is 5.51. The average Bonchev–Trinajstić information content (AvgIpc) is 2.82. The first-order chi connectivity index (χ1) is 15.1. The standard InChI is InChI=1S/C23H33N5O3/c1-4-11-24-21-14-22(26-16-25-21)28-12-5-6-17(15-28)7-10-23(29)27-19-9-8-18(30-2)13-20(19)31-3/h8-9,13-14,16-17H,4-7,10-12,15H2,1-3H3,(H,27,29)(H,24,25,26). The SMILES string of the molecule is CCCNc1cc(N2CCCC(CCC(=O)Nc3ccc(OC)cc3OC)C2)ncn1. The highest BCUT2D eigenvalue weighted by molar-refractivity contribution is 5.92. The smallest absolute Gasteiger partial charge is 0.224 e. The van der Waals surface area contributed by atoms with Crippen molar-refractivity contribution in [2.75, 3.05) is 49.4 Å². The van der Waals surface area contributed by atoms with Crippen LogP contribution in [0.15, 0.2) is 30.6 Å². The number of methoxy groups -OCH3 is 2. The molecule has 1 aliphatic heterocycles. The molecule has 3 rings (SSSR count). The van der Waals surface area contributed by atoms with Gasteiger partial charge in [-0.2, -0.15) is 0 Å². The number of aromatic nitrogens is 2. The Morgan fingerprint density at radius 3 is 2.87 bits per heavy atom. The Morgan fingerprint density at radius 2 is 2.10 bits per heavy atom. The van der Waals surface area contributed by atoms with Gasteiger partial charge in [-0.05, 0) is 43.7 Å². The molecule has 2 aromatic rings. The van der Waals surface area contributed by atoms with Crippen molar-refractivity contribution in [3.05, 3.63) is 30.6 Å². The van der Waals surface area contributed by atoms with Crippen molar-refractivity contribution in [1.82, 2.24) is 9.97 Å². The van der Waals surface area contributed by atoms with Crippen molar-refractivity contribution >= 4 is 23.2 Å². The molecule has 0 spiro atoms. The van der Waals surface area contributed by atoms with Crippen LogP contribution in [0.1, 0.15) is 39.0 Å². The summed E-state index contributed by atoms with van der Waals surface area (Å²) in [5, 5.41) is 6.28. The summed E-state index contributed by atoms with van der Waals surface area (Å²) in [7, 11) is 3.18. The number of amides is 1. The summed E-state index contributed by atoms with van der Waals surface area (Å²) in [5.41, 5.74) is 0.659. The summed E-state index contributed by atoms with van der Waals surface area (Å²) < 4.78 is 10.6. The van der Waals surface area contributed by atoms with E-state index in [0.29, 0.717) is 29.5 Å². The third-order valence-electron chi connectivity index (χ3n) is 5.51. The van der Waals surface area contributed by atoms with Gasteiger partial charge in [0.2, 0.25) is 5.91 Å². The van der Waals surface area contributed by atoms with Crippen LogP contribution in [0.5, 0.6) is 11.5 Å². The minimum absolute atomic E-state index is 0.00585. The first-order valence-electron chi connectivity index (χ1n) is 11.0. The van der Waals surface area contributed by atoms with Gasteiger partial charge in [-0.3, -0.25) is 4.79 Å². The Bertz CT molecular complexity index is 861. The number of ether oxygens (including phenoxy) is 2. The van der Waals surface area contributed by atoms with E-state index < -0.39 is 0 Å². The number of nitrogens with zero attached hydrogens (tertiary/aromatic N) is 3. The second-order valence-electron chi connectivity index (χ2n) is 7.80. The summed E-state index contributed by atoms with van der Waals surface area (Å²) in [6.45, 7) is 4.91. The highest BCUT2D eigenvalue weighted by Gasteiger charge is 2.22. The predicted molar refractivity (Wildman–Crippen MR) is 123 cm³/mol. The monoisotopic (exact) mass is 427 g/mol. The van der Waals surface area contributed by atoms with Gasteiger partial charge in [-0.25, -0.2) is 9.97 Å². The molecule has 8 nitrogen and oxygen atoms in total. The normalized spacial score (nSPS) is 16.0. The number of rotatable bonds is 10. The Morgan fingerprint density at radius 1 is 1.23 bits per heavy atom. The highest BCUT2D eigenvalue weighted by Crippen LogP contribution is 2.30. The predicted octanol–water partition coefficient (Wildman–Crippen LogP) is 3.95. The minimum atomic E-state index is -0.00585. The lowest BCUT2D eigenvalue weighted by Crippen LogP contribution is -2.36.